The quantitative estimate of drug-likeness (QED) is 0.159. The number of hydrogen-bond acceptors (Lipinski definition) is 8. The predicted octanol–water partition coefficient (Wildman–Crippen LogP) is -0.615. The van der Waals surface area contributed by atoms with Gasteiger partial charge in [0.2, 0.25) is 17.8 Å². The number of hydrazine groups is 2. The third kappa shape index (κ3) is 2.13. The molecule has 0 aromatic carbocycles. The van der Waals surface area contributed by atoms with Crippen LogP contribution in [0.1, 0.15) is 0 Å². The maximum absolute atomic E-state index is 8.10. The summed E-state index contributed by atoms with van der Waals surface area (Å²) in [6.45, 7) is 0. The smallest absolute Gasteiger partial charge is 0.242 e. The van der Waals surface area contributed by atoms with Gasteiger partial charge in [-0.05, 0) is 10.6 Å². The molecule has 10 heteroatoms. The molecule has 0 radical (unpaired) electrons. The fourth-order valence-electron chi connectivity index (χ4n) is 0.579. The minimum atomic E-state index is -0.126. The summed E-state index contributed by atoms with van der Waals surface area (Å²) >= 11 is 0. The predicted molar refractivity (Wildman–Crippen MR) is 44.3 cm³/mol. The molecule has 1 aromatic rings. The first-order chi connectivity index (χ1) is 6.30. The molecule has 0 atom stereocenters. The van der Waals surface area contributed by atoms with Crippen molar-refractivity contribution in [3.63, 3.8) is 0 Å². The van der Waals surface area contributed by atoms with Crippen molar-refractivity contribution < 1.29 is 0 Å². The zero-order valence-corrected chi connectivity index (χ0v) is 6.34. The highest BCUT2D eigenvalue weighted by atomic mass is 15.4. The fraction of sp³-hybridized carbons (Fsp3) is 0. The number of hydrogen-bond donors (Lipinski definition) is 4. The van der Waals surface area contributed by atoms with Crippen LogP contribution in [-0.2, 0) is 0 Å². The number of nitrogens with two attached hydrogens (primary N) is 2. The first-order valence-corrected chi connectivity index (χ1v) is 3.04. The zero-order valence-electron chi connectivity index (χ0n) is 6.34. The number of nitrogen functional groups attached to an aromatic ring is 2. The Bertz CT molecular complexity index is 316. The van der Waals surface area contributed by atoms with Crippen LogP contribution in [0.4, 0.5) is 17.8 Å². The van der Waals surface area contributed by atoms with Gasteiger partial charge in [-0.15, -0.1) is 0 Å². The van der Waals surface area contributed by atoms with E-state index in [-0.39, 0.29) is 17.8 Å². The van der Waals surface area contributed by atoms with Crippen molar-refractivity contribution in [3.8, 4) is 0 Å². The van der Waals surface area contributed by atoms with Crippen molar-refractivity contribution in [1.29, 1.82) is 0 Å². The van der Waals surface area contributed by atoms with E-state index < -0.39 is 0 Å². The Balaban J connectivity index is 3.14. The van der Waals surface area contributed by atoms with Crippen molar-refractivity contribution >= 4 is 17.8 Å². The number of rotatable bonds is 3. The fourth-order valence-corrected chi connectivity index (χ4v) is 0.579. The third-order valence-corrected chi connectivity index (χ3v) is 1.02. The van der Waals surface area contributed by atoms with E-state index >= 15 is 0 Å². The van der Waals surface area contributed by atoms with Crippen LogP contribution in [0.3, 0.4) is 0 Å². The van der Waals surface area contributed by atoms with E-state index in [1.165, 1.54) is 0 Å². The third-order valence-electron chi connectivity index (χ3n) is 1.02. The summed E-state index contributed by atoms with van der Waals surface area (Å²) in [6.07, 6.45) is 0. The second-order valence-corrected chi connectivity index (χ2v) is 1.76. The highest BCUT2D eigenvalue weighted by Gasteiger charge is 2.01. The van der Waals surface area contributed by atoms with E-state index in [0.29, 0.717) is 0 Å². The molecule has 10 nitrogen and oxygen atoms in total. The van der Waals surface area contributed by atoms with Gasteiger partial charge in [-0.3, -0.25) is 10.9 Å². The highest BCUT2D eigenvalue weighted by Crippen LogP contribution is 2.09. The van der Waals surface area contributed by atoms with Crippen molar-refractivity contribution in [3.05, 3.63) is 10.4 Å². The molecule has 0 saturated carbocycles. The van der Waals surface area contributed by atoms with Crippen LogP contribution in [0.2, 0.25) is 0 Å². The molecule has 0 saturated heterocycles. The van der Waals surface area contributed by atoms with Crippen LogP contribution in [0.5, 0.6) is 0 Å². The van der Waals surface area contributed by atoms with Gasteiger partial charge in [0.05, 0.1) is 0 Å². The van der Waals surface area contributed by atoms with E-state index in [9.17, 15) is 0 Å². The number of azide groups is 1. The summed E-state index contributed by atoms with van der Waals surface area (Å²) in [5.74, 6) is 10.0. The standard InChI is InChI=1S/C3H6N10/c4-10-1-7-2(11-5)9-3(8-1)12-13-6/h4-5H2,(H2,7,8,9,10,11). The summed E-state index contributed by atoms with van der Waals surface area (Å²) in [6, 6.07) is 0. The molecule has 6 N–H and O–H groups in total. The van der Waals surface area contributed by atoms with Gasteiger partial charge in [0.15, 0.2) is 0 Å². The minimum Gasteiger partial charge on any atom is -0.292 e. The maximum Gasteiger partial charge on any atom is 0.242 e. The lowest BCUT2D eigenvalue weighted by Gasteiger charge is -2.01. The summed E-state index contributed by atoms with van der Waals surface area (Å²) in [4.78, 5) is 13.4. The number of anilines is 2. The molecule has 68 valence electrons. The molecule has 0 bridgehead atoms. The van der Waals surface area contributed by atoms with Crippen molar-refractivity contribution in [1.82, 2.24) is 15.0 Å². The van der Waals surface area contributed by atoms with Crippen LogP contribution in [-0.4, -0.2) is 15.0 Å². The lowest BCUT2D eigenvalue weighted by Crippen LogP contribution is -2.15. The molecule has 1 rings (SSSR count). The van der Waals surface area contributed by atoms with Gasteiger partial charge in [-0.1, -0.05) is 0 Å². The lowest BCUT2D eigenvalue weighted by atomic mass is 10.8. The monoisotopic (exact) mass is 182 g/mol. The highest BCUT2D eigenvalue weighted by molar-refractivity contribution is 5.37. The molecule has 0 spiro atoms. The van der Waals surface area contributed by atoms with Crippen LogP contribution in [0.15, 0.2) is 5.11 Å². The minimum absolute atomic E-state index is 0.0466. The maximum atomic E-state index is 8.10. The first kappa shape index (κ1) is 8.93. The first-order valence-electron chi connectivity index (χ1n) is 3.04. The Labute approximate surface area is 71.9 Å². The topological polar surface area (TPSA) is 164 Å². The van der Waals surface area contributed by atoms with Gasteiger partial charge >= 0.3 is 0 Å². The van der Waals surface area contributed by atoms with Crippen LogP contribution in [0.25, 0.3) is 10.4 Å². The van der Waals surface area contributed by atoms with Crippen molar-refractivity contribution in [2.45, 2.75) is 0 Å². The number of nitrogens with one attached hydrogen (secondary N) is 2. The van der Waals surface area contributed by atoms with Crippen LogP contribution >= 0.6 is 0 Å². The molecule has 0 aliphatic carbocycles. The lowest BCUT2D eigenvalue weighted by molar-refractivity contribution is 1.01. The van der Waals surface area contributed by atoms with E-state index in [2.05, 4.69) is 35.8 Å². The Morgan fingerprint density at radius 1 is 1.15 bits per heavy atom. The average molecular weight is 182 g/mol. The van der Waals surface area contributed by atoms with E-state index in [4.69, 9.17) is 17.2 Å². The van der Waals surface area contributed by atoms with E-state index in [0.717, 1.165) is 0 Å². The molecule has 0 fully saturated rings. The Hall–Kier alpha value is -2.16. The largest absolute Gasteiger partial charge is 0.292 e. The summed E-state index contributed by atoms with van der Waals surface area (Å²) in [5.41, 5.74) is 12.4. The number of nitrogens with zero attached hydrogens (tertiary/aromatic N) is 6. The van der Waals surface area contributed by atoms with Gasteiger partial charge in [0, 0.05) is 4.91 Å². The molecule has 13 heavy (non-hydrogen) atoms. The molecular formula is C3H6N10. The van der Waals surface area contributed by atoms with Crippen molar-refractivity contribution in [2.24, 2.45) is 16.8 Å². The Morgan fingerprint density at radius 2 is 1.69 bits per heavy atom. The second kappa shape index (κ2) is 4.01. The molecular weight excluding hydrogens is 176 g/mol. The van der Waals surface area contributed by atoms with Crippen LogP contribution in [0, 0.1) is 0 Å². The molecule has 0 aliphatic rings. The van der Waals surface area contributed by atoms with E-state index in [1.807, 2.05) is 0 Å². The zero-order chi connectivity index (χ0) is 9.68. The van der Waals surface area contributed by atoms with E-state index in [1.54, 1.807) is 0 Å². The Morgan fingerprint density at radius 3 is 2.08 bits per heavy atom. The normalized spacial score (nSPS) is 8.77. The molecule has 0 amide bonds. The summed E-state index contributed by atoms with van der Waals surface area (Å²) in [5, 5.41) is 3.15. The van der Waals surface area contributed by atoms with Gasteiger partial charge in [0.1, 0.15) is 0 Å². The molecule has 0 unspecified atom stereocenters. The van der Waals surface area contributed by atoms with Gasteiger partial charge < -0.3 is 0 Å². The Kier molecular flexibility index (Phi) is 2.76. The van der Waals surface area contributed by atoms with Gasteiger partial charge in [-0.2, -0.15) is 15.0 Å². The SMILES string of the molecule is [N-]=[N+]=Nc1nc(NN)nc(NN)n1. The van der Waals surface area contributed by atoms with Crippen LogP contribution < -0.4 is 22.5 Å². The second-order valence-electron chi connectivity index (χ2n) is 1.76. The molecule has 1 heterocycles. The molecule has 1 aromatic heterocycles. The average Bonchev–Trinajstić information content (AvgIpc) is 2.17. The summed E-state index contributed by atoms with van der Waals surface area (Å²) < 4.78 is 0. The number of aromatic nitrogens is 3. The molecule has 0 aliphatic heterocycles. The summed E-state index contributed by atoms with van der Waals surface area (Å²) in [7, 11) is 0. The van der Waals surface area contributed by atoms with Gasteiger partial charge in [-0.25, -0.2) is 11.7 Å². The van der Waals surface area contributed by atoms with Gasteiger partial charge in [0.25, 0.3) is 0 Å². The van der Waals surface area contributed by atoms with Crippen molar-refractivity contribution in [2.75, 3.05) is 10.9 Å².